The largest absolute Gasteiger partial charge is 0.507 e. The second kappa shape index (κ2) is 5.61. The summed E-state index contributed by atoms with van der Waals surface area (Å²) in [5.74, 6) is 0.507. The second-order valence-electron chi connectivity index (χ2n) is 4.26. The summed E-state index contributed by atoms with van der Waals surface area (Å²) in [6, 6.07) is 9.98. The van der Waals surface area contributed by atoms with Crippen molar-refractivity contribution in [3.8, 4) is 11.5 Å². The number of benzene rings is 2. The van der Waals surface area contributed by atoms with E-state index in [1.807, 2.05) is 0 Å². The highest BCUT2D eigenvalue weighted by molar-refractivity contribution is 5.52. The van der Waals surface area contributed by atoms with E-state index in [4.69, 9.17) is 4.74 Å². The van der Waals surface area contributed by atoms with Crippen LogP contribution in [-0.4, -0.2) is 12.2 Å². The molecule has 0 aliphatic rings. The Labute approximate surface area is 111 Å². The number of halogens is 1. The van der Waals surface area contributed by atoms with Crippen molar-refractivity contribution in [1.82, 2.24) is 0 Å². The molecule has 0 fully saturated rings. The van der Waals surface area contributed by atoms with Crippen LogP contribution in [-0.2, 0) is 6.54 Å². The van der Waals surface area contributed by atoms with Crippen molar-refractivity contribution in [3.63, 3.8) is 0 Å². The lowest BCUT2D eigenvalue weighted by molar-refractivity contribution is 0.406. The molecule has 19 heavy (non-hydrogen) atoms. The average molecular weight is 261 g/mol. The molecule has 100 valence electrons. The van der Waals surface area contributed by atoms with Crippen LogP contribution < -0.4 is 10.1 Å². The molecule has 0 heterocycles. The van der Waals surface area contributed by atoms with Crippen molar-refractivity contribution in [2.24, 2.45) is 0 Å². The SMILES string of the molecule is COc1ccc(CNc2cccc(F)c2C)c(O)c1. The fraction of sp³-hybridized carbons (Fsp3) is 0.200. The molecule has 0 radical (unpaired) electrons. The zero-order chi connectivity index (χ0) is 13.8. The van der Waals surface area contributed by atoms with Gasteiger partial charge in [0.25, 0.3) is 0 Å². The van der Waals surface area contributed by atoms with E-state index in [-0.39, 0.29) is 11.6 Å². The third kappa shape index (κ3) is 2.96. The van der Waals surface area contributed by atoms with Crippen LogP contribution in [0.15, 0.2) is 36.4 Å². The van der Waals surface area contributed by atoms with Gasteiger partial charge in [-0.25, -0.2) is 4.39 Å². The molecule has 0 aliphatic heterocycles. The average Bonchev–Trinajstić information content (AvgIpc) is 2.41. The molecular weight excluding hydrogens is 245 g/mol. The third-order valence-electron chi connectivity index (χ3n) is 3.03. The minimum atomic E-state index is -0.246. The van der Waals surface area contributed by atoms with Crippen LogP contribution in [0.3, 0.4) is 0 Å². The van der Waals surface area contributed by atoms with Gasteiger partial charge in [0, 0.05) is 29.4 Å². The van der Waals surface area contributed by atoms with Gasteiger partial charge in [0.05, 0.1) is 7.11 Å². The Balaban J connectivity index is 2.12. The summed E-state index contributed by atoms with van der Waals surface area (Å²) in [6.45, 7) is 2.13. The lowest BCUT2D eigenvalue weighted by Crippen LogP contribution is -2.02. The van der Waals surface area contributed by atoms with Crippen LogP contribution in [0.4, 0.5) is 10.1 Å². The van der Waals surface area contributed by atoms with Gasteiger partial charge in [-0.05, 0) is 31.2 Å². The maximum absolute atomic E-state index is 13.4. The van der Waals surface area contributed by atoms with Gasteiger partial charge in [0.15, 0.2) is 0 Å². The van der Waals surface area contributed by atoms with Gasteiger partial charge >= 0.3 is 0 Å². The van der Waals surface area contributed by atoms with Crippen molar-refractivity contribution in [2.45, 2.75) is 13.5 Å². The Bertz CT molecular complexity index is 584. The van der Waals surface area contributed by atoms with E-state index < -0.39 is 0 Å². The number of hydrogen-bond acceptors (Lipinski definition) is 3. The Hall–Kier alpha value is -2.23. The number of phenols is 1. The zero-order valence-corrected chi connectivity index (χ0v) is 10.9. The molecule has 0 amide bonds. The first kappa shape index (κ1) is 13.2. The van der Waals surface area contributed by atoms with Crippen molar-refractivity contribution in [1.29, 1.82) is 0 Å². The number of hydrogen-bond donors (Lipinski definition) is 2. The monoisotopic (exact) mass is 261 g/mol. The van der Waals surface area contributed by atoms with Crippen molar-refractivity contribution >= 4 is 5.69 Å². The number of anilines is 1. The lowest BCUT2D eigenvalue weighted by Gasteiger charge is -2.11. The maximum atomic E-state index is 13.4. The van der Waals surface area contributed by atoms with Gasteiger partial charge in [0.1, 0.15) is 17.3 Å². The topological polar surface area (TPSA) is 41.5 Å². The molecule has 0 aliphatic carbocycles. The van der Waals surface area contributed by atoms with Crippen molar-refractivity contribution in [2.75, 3.05) is 12.4 Å². The minimum Gasteiger partial charge on any atom is -0.507 e. The Morgan fingerprint density at radius 1 is 1.26 bits per heavy atom. The fourth-order valence-corrected chi connectivity index (χ4v) is 1.81. The predicted molar refractivity (Wildman–Crippen MR) is 73.1 cm³/mol. The van der Waals surface area contributed by atoms with Crippen LogP contribution in [0, 0.1) is 12.7 Å². The number of rotatable bonds is 4. The highest BCUT2D eigenvalue weighted by Gasteiger charge is 2.06. The van der Waals surface area contributed by atoms with Gasteiger partial charge in [0.2, 0.25) is 0 Å². The molecule has 0 saturated carbocycles. The third-order valence-corrected chi connectivity index (χ3v) is 3.03. The van der Waals surface area contributed by atoms with Crippen LogP contribution >= 0.6 is 0 Å². The summed E-state index contributed by atoms with van der Waals surface area (Å²) in [5.41, 5.74) is 2.01. The van der Waals surface area contributed by atoms with Crippen LogP contribution in [0.25, 0.3) is 0 Å². The van der Waals surface area contributed by atoms with Crippen LogP contribution in [0.1, 0.15) is 11.1 Å². The standard InChI is InChI=1S/C15H16FNO2/c1-10-13(16)4-3-5-14(10)17-9-11-6-7-12(19-2)8-15(11)18/h3-8,17-18H,9H2,1-2H3. The van der Waals surface area contributed by atoms with Crippen molar-refractivity contribution in [3.05, 3.63) is 53.3 Å². The van der Waals surface area contributed by atoms with Gasteiger partial charge < -0.3 is 15.2 Å². The molecule has 0 bridgehead atoms. The molecule has 2 aromatic rings. The number of phenolic OH excluding ortho intramolecular Hbond substituents is 1. The highest BCUT2D eigenvalue weighted by atomic mass is 19.1. The maximum Gasteiger partial charge on any atom is 0.128 e. The highest BCUT2D eigenvalue weighted by Crippen LogP contribution is 2.25. The second-order valence-corrected chi connectivity index (χ2v) is 4.26. The summed E-state index contributed by atoms with van der Waals surface area (Å²) in [5, 5.41) is 12.9. The summed E-state index contributed by atoms with van der Waals surface area (Å²) < 4.78 is 18.4. The molecule has 0 atom stereocenters. The van der Waals surface area contributed by atoms with E-state index in [2.05, 4.69) is 5.32 Å². The van der Waals surface area contributed by atoms with Gasteiger partial charge in [-0.1, -0.05) is 6.07 Å². The number of ether oxygens (including phenoxy) is 1. The van der Waals surface area contributed by atoms with E-state index in [0.717, 1.165) is 11.3 Å². The molecular formula is C15H16FNO2. The molecule has 2 aromatic carbocycles. The van der Waals surface area contributed by atoms with E-state index in [1.165, 1.54) is 6.07 Å². The quantitative estimate of drug-likeness (QED) is 0.885. The molecule has 0 saturated heterocycles. The number of aromatic hydroxyl groups is 1. The van der Waals surface area contributed by atoms with Crippen molar-refractivity contribution < 1.29 is 14.2 Å². The Morgan fingerprint density at radius 3 is 2.74 bits per heavy atom. The van der Waals surface area contributed by atoms with E-state index in [9.17, 15) is 9.50 Å². The first-order valence-electron chi connectivity index (χ1n) is 5.96. The first-order chi connectivity index (χ1) is 9.11. The Morgan fingerprint density at radius 2 is 2.05 bits per heavy atom. The predicted octanol–water partition coefficient (Wildman–Crippen LogP) is 3.46. The van der Waals surface area contributed by atoms with Crippen LogP contribution in [0.5, 0.6) is 11.5 Å². The van der Waals surface area contributed by atoms with E-state index in [0.29, 0.717) is 17.9 Å². The molecule has 4 heteroatoms. The Kier molecular flexibility index (Phi) is 3.90. The molecule has 2 rings (SSSR count). The normalized spacial score (nSPS) is 10.3. The minimum absolute atomic E-state index is 0.154. The number of nitrogens with one attached hydrogen (secondary N) is 1. The number of methoxy groups -OCH3 is 1. The lowest BCUT2D eigenvalue weighted by atomic mass is 10.1. The summed E-state index contributed by atoms with van der Waals surface area (Å²) in [4.78, 5) is 0. The first-order valence-corrected chi connectivity index (χ1v) is 5.96. The van der Waals surface area contributed by atoms with Gasteiger partial charge in [-0.3, -0.25) is 0 Å². The molecule has 0 aromatic heterocycles. The smallest absolute Gasteiger partial charge is 0.128 e. The van der Waals surface area contributed by atoms with E-state index >= 15 is 0 Å². The summed E-state index contributed by atoms with van der Waals surface area (Å²) >= 11 is 0. The zero-order valence-electron chi connectivity index (χ0n) is 10.9. The van der Waals surface area contributed by atoms with E-state index in [1.54, 1.807) is 44.4 Å². The summed E-state index contributed by atoms with van der Waals surface area (Å²) in [6.07, 6.45) is 0. The molecule has 3 nitrogen and oxygen atoms in total. The van der Waals surface area contributed by atoms with Gasteiger partial charge in [-0.15, -0.1) is 0 Å². The van der Waals surface area contributed by atoms with Crippen LogP contribution in [0.2, 0.25) is 0 Å². The summed E-state index contributed by atoms with van der Waals surface area (Å²) in [7, 11) is 1.54. The molecule has 0 unspecified atom stereocenters. The van der Waals surface area contributed by atoms with Gasteiger partial charge in [-0.2, -0.15) is 0 Å². The molecule has 2 N–H and O–H groups in total. The fourth-order valence-electron chi connectivity index (χ4n) is 1.81. The molecule has 0 spiro atoms.